The number of carbonyl (C=O) groups is 1. The zero-order chi connectivity index (χ0) is 16.0. The van der Waals surface area contributed by atoms with Crippen LogP contribution >= 0.6 is 15.9 Å². The molecule has 0 heterocycles. The van der Waals surface area contributed by atoms with E-state index < -0.39 is 25.2 Å². The Labute approximate surface area is 127 Å². The molecule has 0 saturated heterocycles. The third kappa shape index (κ3) is 6.07. The molecule has 4 nitrogen and oxygen atoms in total. The van der Waals surface area contributed by atoms with Gasteiger partial charge in [0.05, 0.1) is 24.6 Å². The second-order valence-corrected chi connectivity index (χ2v) is 4.77. The van der Waals surface area contributed by atoms with E-state index in [2.05, 4.69) is 15.9 Å². The predicted octanol–water partition coefficient (Wildman–Crippen LogP) is 3.89. The minimum absolute atomic E-state index is 0.134. The summed E-state index contributed by atoms with van der Waals surface area (Å²) in [5.74, 6) is -0.776. The Morgan fingerprint density at radius 1 is 1.43 bits per heavy atom. The molecular formula is C13H12BrF3O4. The lowest BCUT2D eigenvalue weighted by Gasteiger charge is -2.14. The van der Waals surface area contributed by atoms with Crippen molar-refractivity contribution >= 4 is 28.0 Å². The summed E-state index contributed by atoms with van der Waals surface area (Å²) >= 11 is 3.16. The summed E-state index contributed by atoms with van der Waals surface area (Å²) in [6, 6.07) is 2.98. The Morgan fingerprint density at radius 3 is 2.62 bits per heavy atom. The highest BCUT2D eigenvalue weighted by atomic mass is 79.9. The number of rotatable bonds is 6. The maximum absolute atomic E-state index is 12.1. The normalized spacial score (nSPS) is 11.7. The van der Waals surface area contributed by atoms with E-state index in [9.17, 15) is 18.0 Å². The van der Waals surface area contributed by atoms with Crippen LogP contribution in [0.3, 0.4) is 0 Å². The van der Waals surface area contributed by atoms with Crippen molar-refractivity contribution in [3.05, 3.63) is 28.2 Å². The zero-order valence-corrected chi connectivity index (χ0v) is 12.5. The quantitative estimate of drug-likeness (QED) is 0.774. The van der Waals surface area contributed by atoms with E-state index >= 15 is 0 Å². The molecule has 1 rings (SSSR count). The van der Waals surface area contributed by atoms with Crippen LogP contribution in [-0.2, 0) is 4.79 Å². The summed E-state index contributed by atoms with van der Waals surface area (Å²) in [4.78, 5) is 10.5. The van der Waals surface area contributed by atoms with Crippen molar-refractivity contribution < 1.29 is 32.5 Å². The average molecular weight is 369 g/mol. The van der Waals surface area contributed by atoms with Crippen molar-refractivity contribution in [2.75, 3.05) is 13.7 Å². The van der Waals surface area contributed by atoms with Gasteiger partial charge in [-0.2, -0.15) is 13.2 Å². The van der Waals surface area contributed by atoms with Crippen molar-refractivity contribution in [3.63, 3.8) is 0 Å². The van der Waals surface area contributed by atoms with Gasteiger partial charge < -0.3 is 14.6 Å². The van der Waals surface area contributed by atoms with Gasteiger partial charge in [-0.25, -0.2) is 4.79 Å². The molecule has 0 spiro atoms. The monoisotopic (exact) mass is 368 g/mol. The Bertz CT molecular complexity index is 541. The summed E-state index contributed by atoms with van der Waals surface area (Å²) in [6.07, 6.45) is -3.12. The lowest BCUT2D eigenvalue weighted by atomic mass is 10.2. The first kappa shape index (κ1) is 17.4. The first-order valence-corrected chi connectivity index (χ1v) is 6.50. The first-order valence-electron chi connectivity index (χ1n) is 5.71. The number of methoxy groups -OCH3 is 1. The van der Waals surface area contributed by atoms with Crippen molar-refractivity contribution in [1.82, 2.24) is 0 Å². The Hall–Kier alpha value is -1.70. The van der Waals surface area contributed by atoms with Crippen LogP contribution in [-0.4, -0.2) is 31.0 Å². The van der Waals surface area contributed by atoms with E-state index in [-0.39, 0.29) is 11.5 Å². The molecule has 0 fully saturated rings. The minimum Gasteiger partial charge on any atom is -0.493 e. The van der Waals surface area contributed by atoms with Crippen molar-refractivity contribution in [1.29, 1.82) is 0 Å². The maximum Gasteiger partial charge on any atom is 0.392 e. The van der Waals surface area contributed by atoms with Gasteiger partial charge in [0.1, 0.15) is 0 Å². The zero-order valence-electron chi connectivity index (χ0n) is 10.9. The van der Waals surface area contributed by atoms with E-state index in [0.29, 0.717) is 10.0 Å². The predicted molar refractivity (Wildman–Crippen MR) is 73.5 cm³/mol. The van der Waals surface area contributed by atoms with Gasteiger partial charge in [0.2, 0.25) is 0 Å². The van der Waals surface area contributed by atoms with Crippen LogP contribution in [0.1, 0.15) is 12.0 Å². The summed E-state index contributed by atoms with van der Waals surface area (Å²) in [6.45, 7) is -0.539. The Balaban J connectivity index is 2.92. The Morgan fingerprint density at radius 2 is 2.10 bits per heavy atom. The standard InChI is InChI=1S/C13H12BrF3O4/c1-20-10-7-8(2-3-11(18)19)6-9(14)12(10)21-5-4-13(15,16)17/h2-3,6-7H,4-5H2,1H3,(H,18,19). The van der Waals surface area contributed by atoms with Crippen molar-refractivity contribution in [3.8, 4) is 11.5 Å². The van der Waals surface area contributed by atoms with Gasteiger partial charge in [-0.15, -0.1) is 0 Å². The highest BCUT2D eigenvalue weighted by Crippen LogP contribution is 2.37. The summed E-state index contributed by atoms with van der Waals surface area (Å²) in [7, 11) is 1.34. The molecule has 0 aliphatic carbocycles. The fraction of sp³-hybridized carbons (Fsp3) is 0.308. The third-order valence-electron chi connectivity index (χ3n) is 2.30. The minimum atomic E-state index is -4.30. The molecule has 0 aliphatic rings. The van der Waals surface area contributed by atoms with E-state index in [1.165, 1.54) is 25.3 Å². The van der Waals surface area contributed by atoms with Crippen LogP contribution in [0.4, 0.5) is 13.2 Å². The Kier molecular flexibility index (Phi) is 6.07. The number of hydrogen-bond donors (Lipinski definition) is 1. The average Bonchev–Trinajstić information content (AvgIpc) is 2.36. The topological polar surface area (TPSA) is 55.8 Å². The SMILES string of the molecule is COc1cc(C=CC(=O)O)cc(Br)c1OCCC(F)(F)F. The number of carboxylic acids is 1. The van der Waals surface area contributed by atoms with Gasteiger partial charge in [-0.1, -0.05) is 0 Å². The molecule has 116 valence electrons. The highest BCUT2D eigenvalue weighted by Gasteiger charge is 2.27. The highest BCUT2D eigenvalue weighted by molar-refractivity contribution is 9.10. The van der Waals surface area contributed by atoms with Crippen molar-refractivity contribution in [2.45, 2.75) is 12.6 Å². The number of ether oxygens (including phenoxy) is 2. The molecule has 1 aromatic rings. The number of aliphatic carboxylic acids is 1. The van der Waals surface area contributed by atoms with E-state index in [1.807, 2.05) is 0 Å². The fourth-order valence-electron chi connectivity index (χ4n) is 1.41. The maximum atomic E-state index is 12.1. The molecule has 0 atom stereocenters. The molecule has 0 aliphatic heterocycles. The summed E-state index contributed by atoms with van der Waals surface area (Å²) in [5, 5.41) is 8.56. The molecule has 0 saturated carbocycles. The molecule has 0 amide bonds. The number of alkyl halides is 3. The van der Waals surface area contributed by atoms with Gasteiger partial charge in [-0.3, -0.25) is 0 Å². The molecule has 0 radical (unpaired) electrons. The van der Waals surface area contributed by atoms with E-state index in [1.54, 1.807) is 0 Å². The van der Waals surface area contributed by atoms with Crippen LogP contribution in [0, 0.1) is 0 Å². The van der Waals surface area contributed by atoms with Gasteiger partial charge in [-0.05, 0) is 39.7 Å². The van der Waals surface area contributed by atoms with E-state index in [0.717, 1.165) is 6.08 Å². The van der Waals surface area contributed by atoms with Gasteiger partial charge >= 0.3 is 12.1 Å². The van der Waals surface area contributed by atoms with Crippen LogP contribution in [0.25, 0.3) is 6.08 Å². The second kappa shape index (κ2) is 7.35. The fourth-order valence-corrected chi connectivity index (χ4v) is 1.99. The van der Waals surface area contributed by atoms with Crippen LogP contribution in [0.5, 0.6) is 11.5 Å². The first-order chi connectivity index (χ1) is 9.73. The number of halogens is 4. The lowest BCUT2D eigenvalue weighted by molar-refractivity contribution is -0.139. The molecule has 21 heavy (non-hydrogen) atoms. The molecule has 0 aromatic heterocycles. The molecule has 8 heteroatoms. The summed E-state index contributed by atoms with van der Waals surface area (Å²) < 4.78 is 46.8. The second-order valence-electron chi connectivity index (χ2n) is 3.92. The molecule has 0 unspecified atom stereocenters. The smallest absolute Gasteiger partial charge is 0.392 e. The third-order valence-corrected chi connectivity index (χ3v) is 2.89. The molecular weight excluding hydrogens is 357 g/mol. The lowest BCUT2D eigenvalue weighted by Crippen LogP contribution is -2.13. The van der Waals surface area contributed by atoms with Crippen LogP contribution in [0.2, 0.25) is 0 Å². The van der Waals surface area contributed by atoms with Crippen LogP contribution < -0.4 is 9.47 Å². The van der Waals surface area contributed by atoms with Gasteiger partial charge in [0.15, 0.2) is 11.5 Å². The number of hydrogen-bond acceptors (Lipinski definition) is 3. The number of carboxylic acid groups (broad SMARTS) is 1. The molecule has 1 N–H and O–H groups in total. The van der Waals surface area contributed by atoms with Gasteiger partial charge in [0, 0.05) is 6.08 Å². The molecule has 0 bridgehead atoms. The van der Waals surface area contributed by atoms with Crippen molar-refractivity contribution in [2.24, 2.45) is 0 Å². The largest absolute Gasteiger partial charge is 0.493 e. The van der Waals surface area contributed by atoms with Crippen LogP contribution in [0.15, 0.2) is 22.7 Å². The van der Waals surface area contributed by atoms with E-state index in [4.69, 9.17) is 14.6 Å². The molecule has 1 aromatic carbocycles. The van der Waals surface area contributed by atoms with Gasteiger partial charge in [0.25, 0.3) is 0 Å². The summed E-state index contributed by atoms with van der Waals surface area (Å²) in [5.41, 5.74) is 0.504. The number of benzene rings is 1.